The van der Waals surface area contributed by atoms with Gasteiger partial charge in [-0.25, -0.2) is 0 Å². The van der Waals surface area contributed by atoms with E-state index in [2.05, 4.69) is 0 Å². The summed E-state index contributed by atoms with van der Waals surface area (Å²) in [5.74, 6) is -0.130. The van der Waals surface area contributed by atoms with Crippen molar-refractivity contribution >= 4 is 5.97 Å². The van der Waals surface area contributed by atoms with Gasteiger partial charge in [-0.2, -0.15) is 0 Å². The van der Waals surface area contributed by atoms with Gasteiger partial charge in [-0.1, -0.05) is 12.1 Å². The largest absolute Gasteiger partial charge is 0.497 e. The molecule has 1 aromatic rings. The molecule has 5 nitrogen and oxygen atoms in total. The van der Waals surface area contributed by atoms with Crippen LogP contribution in [0.5, 0.6) is 5.75 Å². The fourth-order valence-electron chi connectivity index (χ4n) is 1.98. The number of hydrogen-bond donors (Lipinski definition) is 2. The molecule has 1 rings (SSSR count). The summed E-state index contributed by atoms with van der Waals surface area (Å²) in [5, 5.41) is 19.0. The van der Waals surface area contributed by atoms with Crippen LogP contribution in [0.3, 0.4) is 0 Å². The van der Waals surface area contributed by atoms with Gasteiger partial charge in [0.25, 0.3) is 0 Å². The smallest absolute Gasteiger partial charge is 0.304 e. The number of carboxylic acids is 1. The fraction of sp³-hybridized carbons (Fsp3) is 0.533. The number of aliphatic carboxylic acids is 1. The van der Waals surface area contributed by atoms with Crippen LogP contribution in [-0.4, -0.2) is 47.3 Å². The number of methoxy groups -OCH3 is 1. The molecule has 0 aromatic heterocycles. The minimum Gasteiger partial charge on any atom is -0.497 e. The minimum absolute atomic E-state index is 0.0724. The van der Waals surface area contributed by atoms with Crippen LogP contribution in [0.1, 0.15) is 31.9 Å². The lowest BCUT2D eigenvalue weighted by Crippen LogP contribution is -2.36. The molecule has 0 aliphatic heterocycles. The second-order valence-electron chi connectivity index (χ2n) is 5.02. The topological polar surface area (TPSA) is 70.0 Å². The molecule has 0 aliphatic rings. The van der Waals surface area contributed by atoms with Crippen molar-refractivity contribution in [2.24, 2.45) is 0 Å². The predicted molar refractivity (Wildman–Crippen MR) is 76.9 cm³/mol. The molecule has 0 radical (unpaired) electrons. The van der Waals surface area contributed by atoms with E-state index in [4.69, 9.17) is 9.84 Å². The van der Waals surface area contributed by atoms with Gasteiger partial charge >= 0.3 is 5.97 Å². The van der Waals surface area contributed by atoms with Gasteiger partial charge in [-0.05, 0) is 31.5 Å². The summed E-state index contributed by atoms with van der Waals surface area (Å²) in [7, 11) is 1.58. The van der Waals surface area contributed by atoms with E-state index in [0.29, 0.717) is 18.8 Å². The molecular weight excluding hydrogens is 258 g/mol. The molecule has 1 aromatic carbocycles. The zero-order valence-electron chi connectivity index (χ0n) is 12.2. The number of rotatable bonds is 8. The number of aliphatic hydroxyl groups excluding tert-OH is 1. The Morgan fingerprint density at radius 3 is 2.65 bits per heavy atom. The summed E-state index contributed by atoms with van der Waals surface area (Å²) in [6, 6.07) is 7.45. The Hall–Kier alpha value is -1.59. The lowest BCUT2D eigenvalue weighted by atomic mass is 10.1. The van der Waals surface area contributed by atoms with E-state index in [1.807, 2.05) is 36.9 Å². The number of hydrogen-bond acceptors (Lipinski definition) is 4. The molecule has 0 heterocycles. The molecule has 1 atom stereocenters. The molecule has 0 aliphatic carbocycles. The Morgan fingerprint density at radius 2 is 2.10 bits per heavy atom. The Kier molecular flexibility index (Phi) is 6.48. The second-order valence-corrected chi connectivity index (χ2v) is 5.02. The Morgan fingerprint density at radius 1 is 1.40 bits per heavy atom. The highest BCUT2D eigenvalue weighted by molar-refractivity contribution is 5.66. The van der Waals surface area contributed by atoms with Crippen molar-refractivity contribution in [3.63, 3.8) is 0 Å². The normalized spacial score (nSPS) is 12.7. The van der Waals surface area contributed by atoms with Crippen molar-refractivity contribution < 1.29 is 19.7 Å². The first-order chi connectivity index (χ1) is 9.43. The Bertz CT molecular complexity index is 434. The number of aliphatic hydroxyl groups is 1. The van der Waals surface area contributed by atoms with Crippen molar-refractivity contribution in [2.45, 2.75) is 32.4 Å². The average molecular weight is 281 g/mol. The molecule has 0 bridgehead atoms. The standard InChI is InChI=1S/C15H23NO4/c1-11(2)16(8-7-15(18)19)10-14(17)12-5-4-6-13(9-12)20-3/h4-6,9,11,14,17H,7-8,10H2,1-3H3,(H,18,19). The molecule has 20 heavy (non-hydrogen) atoms. The minimum atomic E-state index is -0.827. The van der Waals surface area contributed by atoms with E-state index in [0.717, 1.165) is 5.56 Å². The van der Waals surface area contributed by atoms with E-state index in [1.165, 1.54) is 0 Å². The van der Waals surface area contributed by atoms with Crippen LogP contribution in [0, 0.1) is 0 Å². The number of carboxylic acid groups (broad SMARTS) is 1. The number of carbonyl (C=O) groups is 1. The Balaban J connectivity index is 2.69. The monoisotopic (exact) mass is 281 g/mol. The third-order valence-corrected chi connectivity index (χ3v) is 3.23. The molecule has 112 valence electrons. The van der Waals surface area contributed by atoms with Gasteiger partial charge in [0, 0.05) is 19.1 Å². The highest BCUT2D eigenvalue weighted by Gasteiger charge is 2.17. The maximum atomic E-state index is 10.7. The summed E-state index contributed by atoms with van der Waals surface area (Å²) in [5.41, 5.74) is 0.769. The summed E-state index contributed by atoms with van der Waals surface area (Å²) >= 11 is 0. The van der Waals surface area contributed by atoms with Gasteiger partial charge in [0.2, 0.25) is 0 Å². The molecule has 0 fully saturated rings. The SMILES string of the molecule is COc1cccc(C(O)CN(CCC(=O)O)C(C)C)c1. The lowest BCUT2D eigenvalue weighted by Gasteiger charge is -2.28. The summed E-state index contributed by atoms with van der Waals surface area (Å²) in [6.45, 7) is 4.80. The van der Waals surface area contributed by atoms with E-state index in [9.17, 15) is 9.90 Å². The molecule has 2 N–H and O–H groups in total. The zero-order chi connectivity index (χ0) is 15.1. The van der Waals surface area contributed by atoms with Crippen LogP contribution in [0.2, 0.25) is 0 Å². The van der Waals surface area contributed by atoms with Gasteiger partial charge in [0.15, 0.2) is 0 Å². The third-order valence-electron chi connectivity index (χ3n) is 3.23. The zero-order valence-corrected chi connectivity index (χ0v) is 12.2. The van der Waals surface area contributed by atoms with Gasteiger partial charge in [0.05, 0.1) is 19.6 Å². The van der Waals surface area contributed by atoms with Crippen LogP contribution >= 0.6 is 0 Å². The van der Waals surface area contributed by atoms with E-state index in [1.54, 1.807) is 13.2 Å². The van der Waals surface area contributed by atoms with Gasteiger partial charge in [-0.15, -0.1) is 0 Å². The van der Waals surface area contributed by atoms with Crippen LogP contribution in [0.4, 0.5) is 0 Å². The van der Waals surface area contributed by atoms with Gasteiger partial charge in [-0.3, -0.25) is 9.69 Å². The van der Waals surface area contributed by atoms with Crippen LogP contribution in [0.25, 0.3) is 0 Å². The first kappa shape index (κ1) is 16.5. The fourth-order valence-corrected chi connectivity index (χ4v) is 1.98. The number of ether oxygens (including phenoxy) is 1. The van der Waals surface area contributed by atoms with E-state index < -0.39 is 12.1 Å². The van der Waals surface area contributed by atoms with E-state index in [-0.39, 0.29) is 12.5 Å². The maximum absolute atomic E-state index is 10.7. The third kappa shape index (κ3) is 5.19. The Labute approximate surface area is 119 Å². The first-order valence-corrected chi connectivity index (χ1v) is 6.72. The van der Waals surface area contributed by atoms with Crippen molar-refractivity contribution in [3.05, 3.63) is 29.8 Å². The summed E-state index contributed by atoms with van der Waals surface area (Å²) < 4.78 is 5.13. The predicted octanol–water partition coefficient (Wildman–Crippen LogP) is 1.91. The molecular formula is C15H23NO4. The summed E-state index contributed by atoms with van der Waals surface area (Å²) in [4.78, 5) is 12.6. The lowest BCUT2D eigenvalue weighted by molar-refractivity contribution is -0.137. The molecule has 1 unspecified atom stereocenters. The molecule has 0 saturated carbocycles. The second kappa shape index (κ2) is 7.87. The molecule has 0 spiro atoms. The number of benzene rings is 1. The highest BCUT2D eigenvalue weighted by Crippen LogP contribution is 2.20. The van der Waals surface area contributed by atoms with Crippen molar-refractivity contribution in [2.75, 3.05) is 20.2 Å². The van der Waals surface area contributed by atoms with Crippen molar-refractivity contribution in [3.8, 4) is 5.75 Å². The van der Waals surface area contributed by atoms with Crippen molar-refractivity contribution in [1.29, 1.82) is 0 Å². The maximum Gasteiger partial charge on any atom is 0.304 e. The van der Waals surface area contributed by atoms with Crippen LogP contribution in [-0.2, 0) is 4.79 Å². The van der Waals surface area contributed by atoms with Crippen molar-refractivity contribution in [1.82, 2.24) is 4.90 Å². The van der Waals surface area contributed by atoms with Crippen LogP contribution in [0.15, 0.2) is 24.3 Å². The van der Waals surface area contributed by atoms with Crippen LogP contribution < -0.4 is 4.74 Å². The highest BCUT2D eigenvalue weighted by atomic mass is 16.5. The van der Waals surface area contributed by atoms with Gasteiger partial charge < -0.3 is 14.9 Å². The van der Waals surface area contributed by atoms with Gasteiger partial charge in [0.1, 0.15) is 5.75 Å². The first-order valence-electron chi connectivity index (χ1n) is 6.72. The molecule has 0 saturated heterocycles. The quantitative estimate of drug-likeness (QED) is 0.761. The average Bonchev–Trinajstić information content (AvgIpc) is 2.42. The van der Waals surface area contributed by atoms with E-state index >= 15 is 0 Å². The summed E-state index contributed by atoms with van der Waals surface area (Å²) in [6.07, 6.45) is -0.593. The molecule has 5 heteroatoms. The molecule has 0 amide bonds. The number of nitrogens with zero attached hydrogens (tertiary/aromatic N) is 1.